The fraction of sp³-hybridized carbons (Fsp3) is 0.0909. The van der Waals surface area contributed by atoms with Crippen molar-refractivity contribution in [1.29, 1.82) is 0 Å². The van der Waals surface area contributed by atoms with Crippen LogP contribution in [0.15, 0.2) is 28.7 Å². The summed E-state index contributed by atoms with van der Waals surface area (Å²) in [7, 11) is 1.46. The van der Waals surface area contributed by atoms with E-state index in [1.807, 2.05) is 18.2 Å². The molecule has 0 bridgehead atoms. The second-order valence-corrected chi connectivity index (χ2v) is 4.16. The number of ether oxygens (including phenoxy) is 1. The quantitative estimate of drug-likeness (QED) is 0.916. The maximum absolute atomic E-state index is 11.2. The van der Waals surface area contributed by atoms with Gasteiger partial charge >= 0.3 is 0 Å². The van der Waals surface area contributed by atoms with Crippen molar-refractivity contribution in [2.45, 2.75) is 0 Å². The molecule has 1 aromatic carbocycles. The average Bonchev–Trinajstić information content (AvgIpc) is 2.27. The summed E-state index contributed by atoms with van der Waals surface area (Å²) in [6, 6.07) is 7.26. The normalized spacial score (nSPS) is 10.4. The van der Waals surface area contributed by atoms with Crippen LogP contribution in [0, 0.1) is 0 Å². The molecule has 82 valence electrons. The van der Waals surface area contributed by atoms with Gasteiger partial charge < -0.3 is 10.5 Å². The van der Waals surface area contributed by atoms with Gasteiger partial charge in [0.15, 0.2) is 0 Å². The number of carbonyl (C=O) groups is 1. The monoisotopic (exact) mass is 280 g/mol. The molecule has 0 unspecified atom stereocenters. The van der Waals surface area contributed by atoms with Crippen molar-refractivity contribution in [1.82, 2.24) is 4.98 Å². The molecule has 0 aliphatic rings. The zero-order valence-corrected chi connectivity index (χ0v) is 10.1. The Labute approximate surface area is 101 Å². The van der Waals surface area contributed by atoms with Gasteiger partial charge in [0.1, 0.15) is 5.56 Å². The third-order valence-corrected chi connectivity index (χ3v) is 2.69. The Bertz CT molecular complexity index is 569. The Morgan fingerprint density at radius 2 is 2.19 bits per heavy atom. The van der Waals surface area contributed by atoms with E-state index in [0.29, 0.717) is 0 Å². The first-order valence-corrected chi connectivity index (χ1v) is 5.35. The predicted molar refractivity (Wildman–Crippen MR) is 64.5 cm³/mol. The maximum Gasteiger partial charge on any atom is 0.254 e. The lowest BCUT2D eigenvalue weighted by Crippen LogP contribution is -2.13. The minimum absolute atomic E-state index is 0.252. The molecule has 0 saturated carbocycles. The summed E-state index contributed by atoms with van der Waals surface area (Å²) in [6.45, 7) is 0. The molecule has 2 aromatic rings. The molecular formula is C11H9BrN2O2. The number of hydrogen-bond acceptors (Lipinski definition) is 3. The summed E-state index contributed by atoms with van der Waals surface area (Å²) in [5, 5.41) is 0.837. The van der Waals surface area contributed by atoms with Gasteiger partial charge in [0.2, 0.25) is 5.88 Å². The standard InChI is InChI=1S/C11H9BrN2O2/c1-16-11-8(10(13)15)5-6-4-7(12)2-3-9(6)14-11/h2-5H,1H3,(H2,13,15). The second-order valence-electron chi connectivity index (χ2n) is 3.25. The van der Waals surface area contributed by atoms with E-state index in [9.17, 15) is 4.79 Å². The number of halogens is 1. The summed E-state index contributed by atoms with van der Waals surface area (Å²) in [5.74, 6) is -0.298. The lowest BCUT2D eigenvalue weighted by molar-refractivity contribution is 0.0997. The number of methoxy groups -OCH3 is 1. The average molecular weight is 281 g/mol. The van der Waals surface area contributed by atoms with Gasteiger partial charge in [-0.05, 0) is 24.3 Å². The molecule has 2 rings (SSSR count). The summed E-state index contributed by atoms with van der Waals surface area (Å²) in [6.07, 6.45) is 0. The van der Waals surface area contributed by atoms with Crippen LogP contribution in [-0.4, -0.2) is 18.0 Å². The van der Waals surface area contributed by atoms with E-state index >= 15 is 0 Å². The molecule has 0 saturated heterocycles. The first-order valence-electron chi connectivity index (χ1n) is 4.56. The first kappa shape index (κ1) is 10.9. The number of hydrogen-bond donors (Lipinski definition) is 1. The van der Waals surface area contributed by atoms with Crippen LogP contribution in [0.5, 0.6) is 5.88 Å². The third kappa shape index (κ3) is 1.86. The molecule has 0 aliphatic carbocycles. The molecule has 0 fully saturated rings. The number of pyridine rings is 1. The van der Waals surface area contributed by atoms with Crippen LogP contribution < -0.4 is 10.5 Å². The number of carbonyl (C=O) groups excluding carboxylic acids is 1. The zero-order chi connectivity index (χ0) is 11.7. The van der Waals surface area contributed by atoms with Crippen LogP contribution in [0.1, 0.15) is 10.4 Å². The Hall–Kier alpha value is -1.62. The minimum Gasteiger partial charge on any atom is -0.480 e. The molecular weight excluding hydrogens is 272 g/mol. The smallest absolute Gasteiger partial charge is 0.254 e. The predicted octanol–water partition coefficient (Wildman–Crippen LogP) is 2.10. The largest absolute Gasteiger partial charge is 0.480 e. The van der Waals surface area contributed by atoms with E-state index in [2.05, 4.69) is 20.9 Å². The molecule has 0 radical (unpaired) electrons. The lowest BCUT2D eigenvalue weighted by Gasteiger charge is -2.06. The Balaban J connectivity index is 2.75. The van der Waals surface area contributed by atoms with Gasteiger partial charge in [-0.3, -0.25) is 4.79 Å². The van der Waals surface area contributed by atoms with E-state index in [0.717, 1.165) is 15.4 Å². The van der Waals surface area contributed by atoms with Crippen molar-refractivity contribution < 1.29 is 9.53 Å². The summed E-state index contributed by atoms with van der Waals surface area (Å²) >= 11 is 3.35. The molecule has 5 heteroatoms. The number of rotatable bonds is 2. The number of fused-ring (bicyclic) bond motifs is 1. The number of aromatic nitrogens is 1. The third-order valence-electron chi connectivity index (χ3n) is 2.20. The fourth-order valence-corrected chi connectivity index (χ4v) is 1.84. The molecule has 16 heavy (non-hydrogen) atoms. The second kappa shape index (κ2) is 4.09. The van der Waals surface area contributed by atoms with E-state index in [1.54, 1.807) is 6.07 Å². The van der Waals surface area contributed by atoms with Crippen molar-refractivity contribution in [3.05, 3.63) is 34.3 Å². The van der Waals surface area contributed by atoms with E-state index in [4.69, 9.17) is 10.5 Å². The highest BCUT2D eigenvalue weighted by molar-refractivity contribution is 9.10. The summed E-state index contributed by atoms with van der Waals surface area (Å²) in [4.78, 5) is 15.4. The number of benzene rings is 1. The molecule has 2 N–H and O–H groups in total. The van der Waals surface area contributed by atoms with Gasteiger partial charge in [0, 0.05) is 9.86 Å². The van der Waals surface area contributed by atoms with E-state index in [1.165, 1.54) is 7.11 Å². The Morgan fingerprint density at radius 1 is 1.44 bits per heavy atom. The number of amides is 1. The van der Waals surface area contributed by atoms with Gasteiger partial charge in [-0.25, -0.2) is 4.98 Å². The summed E-state index contributed by atoms with van der Waals surface area (Å²) < 4.78 is 5.94. The SMILES string of the molecule is COc1nc2ccc(Br)cc2cc1C(N)=O. The molecule has 1 aromatic heterocycles. The Kier molecular flexibility index (Phi) is 2.78. The van der Waals surface area contributed by atoms with Gasteiger partial charge in [0.05, 0.1) is 12.6 Å². The van der Waals surface area contributed by atoms with Crippen LogP contribution in [0.4, 0.5) is 0 Å². The molecule has 1 heterocycles. The Morgan fingerprint density at radius 3 is 2.81 bits per heavy atom. The summed E-state index contributed by atoms with van der Waals surface area (Å²) in [5.41, 5.74) is 6.29. The van der Waals surface area contributed by atoms with Crippen LogP contribution in [0.25, 0.3) is 10.9 Å². The minimum atomic E-state index is -0.550. The van der Waals surface area contributed by atoms with E-state index in [-0.39, 0.29) is 11.4 Å². The molecule has 0 atom stereocenters. The van der Waals surface area contributed by atoms with Gasteiger partial charge in [-0.15, -0.1) is 0 Å². The highest BCUT2D eigenvalue weighted by Crippen LogP contribution is 2.24. The van der Waals surface area contributed by atoms with Crippen molar-refractivity contribution in [2.24, 2.45) is 5.73 Å². The van der Waals surface area contributed by atoms with Crippen molar-refractivity contribution >= 4 is 32.7 Å². The van der Waals surface area contributed by atoms with Crippen molar-refractivity contribution in [3.8, 4) is 5.88 Å². The highest BCUT2D eigenvalue weighted by atomic mass is 79.9. The topological polar surface area (TPSA) is 65.2 Å². The first-order chi connectivity index (χ1) is 7.61. The van der Waals surface area contributed by atoms with Crippen LogP contribution in [0.2, 0.25) is 0 Å². The van der Waals surface area contributed by atoms with Gasteiger partial charge in [-0.1, -0.05) is 15.9 Å². The molecule has 0 spiro atoms. The van der Waals surface area contributed by atoms with E-state index < -0.39 is 5.91 Å². The van der Waals surface area contributed by atoms with Crippen molar-refractivity contribution in [2.75, 3.05) is 7.11 Å². The zero-order valence-electron chi connectivity index (χ0n) is 8.53. The van der Waals surface area contributed by atoms with Crippen LogP contribution in [-0.2, 0) is 0 Å². The van der Waals surface area contributed by atoms with Crippen LogP contribution >= 0.6 is 15.9 Å². The maximum atomic E-state index is 11.2. The van der Waals surface area contributed by atoms with Crippen LogP contribution in [0.3, 0.4) is 0 Å². The van der Waals surface area contributed by atoms with Crippen molar-refractivity contribution in [3.63, 3.8) is 0 Å². The fourth-order valence-electron chi connectivity index (χ4n) is 1.46. The number of primary amides is 1. The molecule has 1 amide bonds. The number of nitrogens with two attached hydrogens (primary N) is 1. The number of nitrogens with zero attached hydrogens (tertiary/aromatic N) is 1. The molecule has 0 aliphatic heterocycles. The highest BCUT2D eigenvalue weighted by Gasteiger charge is 2.12. The lowest BCUT2D eigenvalue weighted by atomic mass is 10.1. The van der Waals surface area contributed by atoms with Gasteiger partial charge in [-0.2, -0.15) is 0 Å². The van der Waals surface area contributed by atoms with Gasteiger partial charge in [0.25, 0.3) is 5.91 Å². The molecule has 4 nitrogen and oxygen atoms in total.